The van der Waals surface area contributed by atoms with E-state index in [1.165, 1.54) is 12.1 Å². The molecule has 3 aromatic rings. The number of aromatic carboxylic acids is 1. The summed E-state index contributed by atoms with van der Waals surface area (Å²) in [6.07, 6.45) is 1.65. The lowest BCUT2D eigenvalue weighted by atomic mass is 10.2. The van der Waals surface area contributed by atoms with Crippen LogP contribution < -0.4 is 9.84 Å². The summed E-state index contributed by atoms with van der Waals surface area (Å²) in [5.41, 5.74) is 3.48. The maximum absolute atomic E-state index is 10.9. The number of rotatable bonds is 3. The number of carboxylic acid groups (broad SMARTS) is 1. The Morgan fingerprint density at radius 2 is 2.05 bits per heavy atom. The number of nitrogens with zero attached hydrogens (tertiary/aromatic N) is 2. The molecule has 0 aliphatic carbocycles. The van der Waals surface area contributed by atoms with Gasteiger partial charge in [-0.25, -0.2) is 4.98 Å². The Morgan fingerprint density at radius 3 is 2.76 bits per heavy atom. The molecule has 0 amide bonds. The van der Waals surface area contributed by atoms with Crippen molar-refractivity contribution in [3.05, 3.63) is 53.9 Å². The summed E-state index contributed by atoms with van der Waals surface area (Å²) in [6, 6.07) is 10.6. The van der Waals surface area contributed by atoms with Gasteiger partial charge in [-0.05, 0) is 42.3 Å². The monoisotopic (exact) mass is 281 g/mol. The van der Waals surface area contributed by atoms with Gasteiger partial charge in [0, 0.05) is 0 Å². The maximum Gasteiger partial charge on any atom is 0.142 e. The molecule has 0 fully saturated rings. The van der Waals surface area contributed by atoms with Crippen molar-refractivity contribution in [1.29, 1.82) is 0 Å². The Hall–Kier alpha value is -2.82. The maximum atomic E-state index is 10.9. The Bertz CT molecular complexity index is 837. The highest BCUT2D eigenvalue weighted by Crippen LogP contribution is 2.27. The van der Waals surface area contributed by atoms with E-state index in [2.05, 4.69) is 4.98 Å². The molecule has 0 atom stereocenters. The first-order chi connectivity index (χ1) is 10.1. The molecule has 0 radical (unpaired) electrons. The quantitative estimate of drug-likeness (QED) is 0.733. The zero-order valence-electron chi connectivity index (χ0n) is 11.7. The predicted molar refractivity (Wildman–Crippen MR) is 76.7 cm³/mol. The van der Waals surface area contributed by atoms with Crippen molar-refractivity contribution in [2.24, 2.45) is 0 Å². The summed E-state index contributed by atoms with van der Waals surface area (Å²) in [7, 11) is 1.61. The van der Waals surface area contributed by atoms with Crippen LogP contribution in [0.1, 0.15) is 15.9 Å². The highest BCUT2D eigenvalue weighted by Gasteiger charge is 2.10. The SMILES string of the molecule is COc1ccc(C)cc1-n1cnc2cc(C(=O)[O-])ccc21. The van der Waals surface area contributed by atoms with E-state index < -0.39 is 5.97 Å². The van der Waals surface area contributed by atoms with E-state index in [1.54, 1.807) is 19.5 Å². The van der Waals surface area contributed by atoms with E-state index in [0.29, 0.717) is 5.52 Å². The second-order valence-electron chi connectivity index (χ2n) is 4.78. The van der Waals surface area contributed by atoms with E-state index in [-0.39, 0.29) is 5.56 Å². The fraction of sp³-hybridized carbons (Fsp3) is 0.125. The number of fused-ring (bicyclic) bond motifs is 1. The van der Waals surface area contributed by atoms with Crippen LogP contribution in [0.4, 0.5) is 0 Å². The van der Waals surface area contributed by atoms with Gasteiger partial charge in [-0.1, -0.05) is 12.1 Å². The van der Waals surface area contributed by atoms with Gasteiger partial charge in [0.25, 0.3) is 0 Å². The van der Waals surface area contributed by atoms with E-state index in [1.807, 2.05) is 29.7 Å². The number of hydrogen-bond acceptors (Lipinski definition) is 4. The molecule has 2 aromatic carbocycles. The van der Waals surface area contributed by atoms with Crippen LogP contribution in [0.3, 0.4) is 0 Å². The third kappa shape index (κ3) is 2.23. The molecule has 0 saturated heterocycles. The number of aromatic nitrogens is 2. The molecule has 5 nitrogen and oxygen atoms in total. The molecule has 1 heterocycles. The van der Waals surface area contributed by atoms with Crippen molar-refractivity contribution in [2.45, 2.75) is 6.92 Å². The number of imidazole rings is 1. The van der Waals surface area contributed by atoms with Crippen molar-refractivity contribution in [1.82, 2.24) is 9.55 Å². The summed E-state index contributed by atoms with van der Waals surface area (Å²) in [5, 5.41) is 10.9. The fourth-order valence-corrected chi connectivity index (χ4v) is 2.32. The van der Waals surface area contributed by atoms with Crippen molar-refractivity contribution >= 4 is 17.0 Å². The molecule has 0 aliphatic heterocycles. The molecule has 0 saturated carbocycles. The molecule has 21 heavy (non-hydrogen) atoms. The first-order valence-corrected chi connectivity index (χ1v) is 6.43. The van der Waals surface area contributed by atoms with Crippen LogP contribution >= 0.6 is 0 Å². The van der Waals surface area contributed by atoms with Gasteiger partial charge >= 0.3 is 0 Å². The molecular weight excluding hydrogens is 268 g/mol. The molecule has 0 unspecified atom stereocenters. The van der Waals surface area contributed by atoms with Gasteiger partial charge < -0.3 is 14.6 Å². The lowest BCUT2D eigenvalue weighted by Crippen LogP contribution is -2.21. The van der Waals surface area contributed by atoms with Gasteiger partial charge in [0.15, 0.2) is 0 Å². The molecule has 106 valence electrons. The van der Waals surface area contributed by atoms with Crippen molar-refractivity contribution in [2.75, 3.05) is 7.11 Å². The lowest BCUT2D eigenvalue weighted by molar-refractivity contribution is -0.255. The highest BCUT2D eigenvalue weighted by molar-refractivity contribution is 5.91. The minimum atomic E-state index is -1.21. The third-order valence-corrected chi connectivity index (χ3v) is 3.38. The van der Waals surface area contributed by atoms with Crippen molar-refractivity contribution in [3.8, 4) is 11.4 Å². The minimum absolute atomic E-state index is 0.115. The van der Waals surface area contributed by atoms with E-state index in [4.69, 9.17) is 4.74 Å². The Balaban J connectivity index is 2.22. The number of aryl methyl sites for hydroxylation is 1. The molecule has 0 aliphatic rings. The van der Waals surface area contributed by atoms with E-state index in [9.17, 15) is 9.90 Å². The number of benzene rings is 2. The lowest BCUT2D eigenvalue weighted by Gasteiger charge is -2.11. The van der Waals surface area contributed by atoms with Gasteiger partial charge in [0.2, 0.25) is 0 Å². The summed E-state index contributed by atoms with van der Waals surface area (Å²) >= 11 is 0. The van der Waals surface area contributed by atoms with Gasteiger partial charge in [0.1, 0.15) is 12.1 Å². The second kappa shape index (κ2) is 4.94. The zero-order valence-corrected chi connectivity index (χ0v) is 11.7. The summed E-state index contributed by atoms with van der Waals surface area (Å²) in [5.74, 6) is -0.483. The van der Waals surface area contributed by atoms with Crippen molar-refractivity contribution in [3.63, 3.8) is 0 Å². The van der Waals surface area contributed by atoms with Crippen LogP contribution in [-0.2, 0) is 0 Å². The average molecular weight is 281 g/mol. The summed E-state index contributed by atoms with van der Waals surface area (Å²) in [6.45, 7) is 2.00. The predicted octanol–water partition coefficient (Wildman–Crippen LogP) is 1.71. The van der Waals surface area contributed by atoms with Crippen molar-refractivity contribution < 1.29 is 14.6 Å². The van der Waals surface area contributed by atoms with Gasteiger partial charge in [-0.15, -0.1) is 0 Å². The molecule has 0 spiro atoms. The molecule has 1 aromatic heterocycles. The molecule has 5 heteroatoms. The molecule has 3 rings (SSSR count). The standard InChI is InChI=1S/C16H14N2O3/c1-10-3-6-15(21-2)14(7-10)18-9-17-12-8-11(16(19)20)4-5-13(12)18/h3-9H,1-2H3,(H,19,20)/p-1. The third-order valence-electron chi connectivity index (χ3n) is 3.38. The van der Waals surface area contributed by atoms with Crippen LogP contribution in [0.15, 0.2) is 42.7 Å². The van der Waals surface area contributed by atoms with Crippen LogP contribution in [0.2, 0.25) is 0 Å². The number of carbonyl (C=O) groups is 1. The Kier molecular flexibility index (Phi) is 3.10. The first-order valence-electron chi connectivity index (χ1n) is 6.43. The largest absolute Gasteiger partial charge is 0.545 e. The normalized spacial score (nSPS) is 10.8. The topological polar surface area (TPSA) is 67.2 Å². The highest BCUT2D eigenvalue weighted by atomic mass is 16.5. The van der Waals surface area contributed by atoms with E-state index >= 15 is 0 Å². The summed E-state index contributed by atoms with van der Waals surface area (Å²) in [4.78, 5) is 15.2. The Morgan fingerprint density at radius 1 is 1.24 bits per heavy atom. The molecule has 0 N–H and O–H groups in total. The molecular formula is C16H13N2O3-. The van der Waals surface area contributed by atoms with Gasteiger partial charge in [-0.2, -0.15) is 0 Å². The fourth-order valence-electron chi connectivity index (χ4n) is 2.32. The van der Waals surface area contributed by atoms with Crippen LogP contribution in [0, 0.1) is 6.92 Å². The minimum Gasteiger partial charge on any atom is -0.545 e. The smallest absolute Gasteiger partial charge is 0.142 e. The van der Waals surface area contributed by atoms with Crippen LogP contribution in [-0.4, -0.2) is 22.6 Å². The number of hydrogen-bond donors (Lipinski definition) is 0. The first kappa shape index (κ1) is 13.2. The number of carbonyl (C=O) groups excluding carboxylic acids is 1. The summed E-state index contributed by atoms with van der Waals surface area (Å²) < 4.78 is 7.26. The Labute approximate surface area is 121 Å². The van der Waals surface area contributed by atoms with Crippen LogP contribution in [0.5, 0.6) is 5.75 Å². The zero-order chi connectivity index (χ0) is 15.0. The number of ether oxygens (including phenoxy) is 1. The van der Waals surface area contributed by atoms with E-state index in [0.717, 1.165) is 22.5 Å². The van der Waals surface area contributed by atoms with Gasteiger partial charge in [0.05, 0.1) is 29.8 Å². The van der Waals surface area contributed by atoms with Crippen LogP contribution in [0.25, 0.3) is 16.7 Å². The van der Waals surface area contributed by atoms with Gasteiger partial charge in [-0.3, -0.25) is 4.57 Å². The average Bonchev–Trinajstić information content (AvgIpc) is 2.89. The second-order valence-corrected chi connectivity index (χ2v) is 4.78. The number of methoxy groups -OCH3 is 1. The number of carboxylic acids is 1. The molecule has 0 bridgehead atoms.